The molecule has 204 valence electrons. The van der Waals surface area contributed by atoms with Crippen LogP contribution < -0.4 is 20.5 Å². The number of carbonyl (C=O) groups excluding carboxylic acids is 1. The van der Waals surface area contributed by atoms with Gasteiger partial charge in [0, 0.05) is 40.7 Å². The van der Waals surface area contributed by atoms with Crippen LogP contribution in [-0.4, -0.2) is 44.0 Å². The quantitative estimate of drug-likeness (QED) is 0.125. The lowest BCUT2D eigenvalue weighted by atomic mass is 10.0. The minimum absolute atomic E-state index is 0.229. The number of unbranched alkanes of at least 4 members (excludes halogenated alkanes) is 1. The zero-order valence-electron chi connectivity index (χ0n) is 22.3. The summed E-state index contributed by atoms with van der Waals surface area (Å²) in [4.78, 5) is 33.1. The largest absolute Gasteiger partial charge is 0.493 e. The SMILES string of the molecule is CCCCc1cc(Nc2nc(-c3cccc(N)c3)nc3cc(OC)c(OC(C)=O)cc23)cc2cnn(C(=O)O)c12. The number of nitrogens with two attached hydrogens (primary N) is 1. The molecule has 0 saturated carbocycles. The van der Waals surface area contributed by atoms with Crippen molar-refractivity contribution < 1.29 is 24.2 Å². The van der Waals surface area contributed by atoms with Crippen LogP contribution in [0.1, 0.15) is 32.3 Å². The number of fused-ring (bicyclic) bond motifs is 2. The van der Waals surface area contributed by atoms with Gasteiger partial charge in [0.25, 0.3) is 0 Å². The Morgan fingerprint density at radius 3 is 2.62 bits per heavy atom. The number of methoxy groups -OCH3 is 1. The summed E-state index contributed by atoms with van der Waals surface area (Å²) in [5.74, 6) is 0.953. The monoisotopic (exact) mass is 540 g/mol. The number of nitrogens with one attached hydrogen (secondary N) is 1. The molecule has 2 aromatic heterocycles. The standard InChI is InChI=1S/C29H28N6O5/c1-4-5-7-17-11-21(12-19-15-31-35(26(17)19)29(37)38)32-28-22-13-25(40-16(2)36)24(39-3)14-23(22)33-27(34-28)18-8-6-9-20(30)10-18/h6,8-15H,4-5,7,30H2,1-3H3,(H,37,38)(H,32,33,34). The maximum Gasteiger partial charge on any atom is 0.432 e. The van der Waals surface area contributed by atoms with Crippen LogP contribution >= 0.6 is 0 Å². The van der Waals surface area contributed by atoms with Crippen LogP contribution in [0, 0.1) is 0 Å². The third-order valence-corrected chi connectivity index (χ3v) is 6.37. The number of aromatic nitrogens is 4. The normalized spacial score (nSPS) is 11.1. The average molecular weight is 541 g/mol. The highest BCUT2D eigenvalue weighted by molar-refractivity contribution is 5.97. The lowest BCUT2D eigenvalue weighted by Crippen LogP contribution is -2.10. The van der Waals surface area contributed by atoms with E-state index in [0.717, 1.165) is 28.7 Å². The van der Waals surface area contributed by atoms with Crippen molar-refractivity contribution >= 4 is 51.1 Å². The van der Waals surface area contributed by atoms with Crippen molar-refractivity contribution in [2.45, 2.75) is 33.1 Å². The number of rotatable bonds is 8. The Hall–Kier alpha value is -5.19. The average Bonchev–Trinajstić information content (AvgIpc) is 3.36. The smallest absolute Gasteiger partial charge is 0.432 e. The highest BCUT2D eigenvalue weighted by atomic mass is 16.6. The number of carbonyl (C=O) groups is 2. The van der Waals surface area contributed by atoms with Crippen LogP contribution in [0.5, 0.6) is 11.5 Å². The van der Waals surface area contributed by atoms with Gasteiger partial charge in [-0.15, -0.1) is 0 Å². The number of ether oxygens (including phenoxy) is 2. The molecular weight excluding hydrogens is 512 g/mol. The summed E-state index contributed by atoms with van der Waals surface area (Å²) in [6.45, 7) is 3.39. The minimum atomic E-state index is -1.14. The number of nitrogens with zero attached hydrogens (tertiary/aromatic N) is 4. The summed E-state index contributed by atoms with van der Waals surface area (Å²) in [7, 11) is 1.48. The molecule has 0 fully saturated rings. The second-order valence-corrected chi connectivity index (χ2v) is 9.28. The molecule has 5 rings (SSSR count). The Balaban J connectivity index is 1.71. The van der Waals surface area contributed by atoms with Crippen LogP contribution in [-0.2, 0) is 11.2 Å². The van der Waals surface area contributed by atoms with Crippen molar-refractivity contribution in [3.05, 3.63) is 60.3 Å². The van der Waals surface area contributed by atoms with Gasteiger partial charge in [-0.3, -0.25) is 4.79 Å². The van der Waals surface area contributed by atoms with Crippen molar-refractivity contribution in [3.8, 4) is 22.9 Å². The zero-order valence-corrected chi connectivity index (χ0v) is 22.3. The van der Waals surface area contributed by atoms with Gasteiger partial charge in [0.15, 0.2) is 17.3 Å². The van der Waals surface area contributed by atoms with Gasteiger partial charge in [0.2, 0.25) is 0 Å². The van der Waals surface area contributed by atoms with E-state index < -0.39 is 12.1 Å². The molecule has 11 nitrogen and oxygen atoms in total. The second kappa shape index (κ2) is 10.9. The van der Waals surface area contributed by atoms with E-state index in [1.807, 2.05) is 24.3 Å². The zero-order chi connectivity index (χ0) is 28.4. The maximum atomic E-state index is 11.8. The molecule has 0 aliphatic carbocycles. The summed E-state index contributed by atoms with van der Waals surface area (Å²) in [5.41, 5.74) is 9.95. The molecule has 11 heteroatoms. The van der Waals surface area contributed by atoms with E-state index in [1.54, 1.807) is 24.3 Å². The minimum Gasteiger partial charge on any atom is -0.493 e. The molecule has 2 heterocycles. The van der Waals surface area contributed by atoms with Gasteiger partial charge in [0.05, 0.1) is 24.3 Å². The predicted molar refractivity (Wildman–Crippen MR) is 152 cm³/mol. The fourth-order valence-corrected chi connectivity index (χ4v) is 4.60. The Labute approximate surface area is 229 Å². The molecule has 40 heavy (non-hydrogen) atoms. The number of nitrogen functional groups attached to an aromatic ring is 1. The van der Waals surface area contributed by atoms with E-state index in [1.165, 1.54) is 20.2 Å². The number of esters is 1. The predicted octanol–water partition coefficient (Wildman–Crippen LogP) is 5.77. The number of hydrogen-bond acceptors (Lipinski definition) is 9. The number of aryl methyl sites for hydroxylation is 1. The Kier molecular flexibility index (Phi) is 7.19. The first-order chi connectivity index (χ1) is 19.3. The van der Waals surface area contributed by atoms with Crippen molar-refractivity contribution in [2.75, 3.05) is 18.2 Å². The van der Waals surface area contributed by atoms with Gasteiger partial charge in [-0.1, -0.05) is 25.5 Å². The molecule has 0 atom stereocenters. The van der Waals surface area contributed by atoms with Gasteiger partial charge in [-0.05, 0) is 48.7 Å². The summed E-state index contributed by atoms with van der Waals surface area (Å²) in [5, 5.41) is 18.4. The molecule has 5 aromatic rings. The first-order valence-corrected chi connectivity index (χ1v) is 12.7. The van der Waals surface area contributed by atoms with Crippen LogP contribution in [0.25, 0.3) is 33.2 Å². The number of carboxylic acid groups (broad SMARTS) is 1. The summed E-state index contributed by atoms with van der Waals surface area (Å²) in [6, 6.07) is 14.3. The first kappa shape index (κ1) is 26.4. The number of hydrogen-bond donors (Lipinski definition) is 3. The van der Waals surface area contributed by atoms with E-state index in [2.05, 4.69) is 17.3 Å². The summed E-state index contributed by atoms with van der Waals surface area (Å²) < 4.78 is 11.9. The van der Waals surface area contributed by atoms with Crippen LogP contribution in [0.2, 0.25) is 0 Å². The van der Waals surface area contributed by atoms with Crippen molar-refractivity contribution in [2.24, 2.45) is 0 Å². The molecule has 4 N–H and O–H groups in total. The van der Waals surface area contributed by atoms with Crippen molar-refractivity contribution in [1.82, 2.24) is 19.7 Å². The van der Waals surface area contributed by atoms with Gasteiger partial charge in [-0.2, -0.15) is 9.78 Å². The second-order valence-electron chi connectivity index (χ2n) is 9.28. The first-order valence-electron chi connectivity index (χ1n) is 12.7. The third kappa shape index (κ3) is 5.21. The molecular formula is C29H28N6O5. The van der Waals surface area contributed by atoms with Crippen LogP contribution in [0.3, 0.4) is 0 Å². The van der Waals surface area contributed by atoms with E-state index in [9.17, 15) is 14.7 Å². The van der Waals surface area contributed by atoms with E-state index in [-0.39, 0.29) is 5.75 Å². The lowest BCUT2D eigenvalue weighted by molar-refractivity contribution is -0.132. The Morgan fingerprint density at radius 1 is 1.10 bits per heavy atom. The molecule has 0 spiro atoms. The molecule has 0 aliphatic rings. The van der Waals surface area contributed by atoms with Crippen LogP contribution in [0.4, 0.5) is 22.0 Å². The molecule has 3 aromatic carbocycles. The molecule has 0 amide bonds. The topological polar surface area (TPSA) is 154 Å². The highest BCUT2D eigenvalue weighted by Gasteiger charge is 2.18. The van der Waals surface area contributed by atoms with Crippen molar-refractivity contribution in [1.29, 1.82) is 0 Å². The van der Waals surface area contributed by atoms with Gasteiger partial charge < -0.3 is 25.6 Å². The molecule has 0 saturated heterocycles. The van der Waals surface area contributed by atoms with Gasteiger partial charge >= 0.3 is 12.1 Å². The fourth-order valence-electron chi connectivity index (χ4n) is 4.60. The van der Waals surface area contributed by atoms with E-state index >= 15 is 0 Å². The number of benzene rings is 3. The van der Waals surface area contributed by atoms with E-state index in [4.69, 9.17) is 25.2 Å². The third-order valence-electron chi connectivity index (χ3n) is 6.37. The highest BCUT2D eigenvalue weighted by Crippen LogP contribution is 2.37. The molecule has 0 bridgehead atoms. The molecule has 0 aliphatic heterocycles. The van der Waals surface area contributed by atoms with Gasteiger partial charge in [-0.25, -0.2) is 14.8 Å². The van der Waals surface area contributed by atoms with Gasteiger partial charge in [0.1, 0.15) is 5.82 Å². The Morgan fingerprint density at radius 2 is 1.93 bits per heavy atom. The maximum absolute atomic E-state index is 11.8. The summed E-state index contributed by atoms with van der Waals surface area (Å²) >= 11 is 0. The molecule has 0 unspecified atom stereocenters. The lowest BCUT2D eigenvalue weighted by Gasteiger charge is -2.15. The Bertz CT molecular complexity index is 1760. The van der Waals surface area contributed by atoms with Crippen LogP contribution in [0.15, 0.2) is 54.7 Å². The number of anilines is 3. The molecule has 0 radical (unpaired) electrons. The summed E-state index contributed by atoms with van der Waals surface area (Å²) in [6.07, 6.45) is 2.89. The van der Waals surface area contributed by atoms with Crippen molar-refractivity contribution in [3.63, 3.8) is 0 Å². The van der Waals surface area contributed by atoms with E-state index in [0.29, 0.717) is 57.0 Å². The fraction of sp³-hybridized carbons (Fsp3) is 0.207.